The largest absolute Gasteiger partial charge is 0.247 e. The fraction of sp³-hybridized carbons (Fsp3) is 0.600. The Bertz CT molecular complexity index is 572. The molecule has 0 saturated heterocycles. The Kier molecular flexibility index (Phi) is 3.82. The van der Waals surface area contributed by atoms with Crippen molar-refractivity contribution in [3.8, 4) is 0 Å². The molecule has 0 aromatic carbocycles. The molecule has 2 rings (SSSR count). The fourth-order valence-electron chi connectivity index (χ4n) is 2.70. The number of aromatic nitrogens is 4. The molecule has 0 spiro atoms. The van der Waals surface area contributed by atoms with E-state index in [9.17, 15) is 0 Å². The third kappa shape index (κ3) is 2.92. The molecule has 0 aliphatic heterocycles. The number of rotatable bonds is 4. The van der Waals surface area contributed by atoms with Crippen LogP contribution < -0.4 is 10.6 Å². The van der Waals surface area contributed by atoms with E-state index in [4.69, 9.17) is 0 Å². The molecule has 0 unspecified atom stereocenters. The molecule has 116 valence electrons. The Morgan fingerprint density at radius 2 is 1.10 bits per heavy atom. The summed E-state index contributed by atoms with van der Waals surface area (Å²) in [7, 11) is -2.88. The fourth-order valence-corrected chi connectivity index (χ4v) is 5.79. The molecule has 6 heteroatoms. The van der Waals surface area contributed by atoms with Gasteiger partial charge in [0.25, 0.3) is 0 Å². The molecule has 4 nitrogen and oxygen atoms in total. The Hall–Kier alpha value is -1.15. The molecule has 0 atom stereocenters. The van der Waals surface area contributed by atoms with Crippen LogP contribution in [0.2, 0.25) is 39.3 Å². The second kappa shape index (κ2) is 4.95. The topological polar surface area (TPSA) is 35.6 Å². The Morgan fingerprint density at radius 1 is 0.762 bits per heavy atom. The normalized spacial score (nSPS) is 13.7. The first kappa shape index (κ1) is 16.2. The zero-order chi connectivity index (χ0) is 16.1. The van der Waals surface area contributed by atoms with Crippen LogP contribution in [0.1, 0.15) is 13.8 Å². The van der Waals surface area contributed by atoms with Gasteiger partial charge in [-0.1, -0.05) is 39.3 Å². The van der Waals surface area contributed by atoms with Crippen molar-refractivity contribution in [2.24, 2.45) is 0 Å². The van der Waals surface area contributed by atoms with Gasteiger partial charge < -0.3 is 0 Å². The highest BCUT2D eigenvalue weighted by atomic mass is 28.3. The van der Waals surface area contributed by atoms with Crippen molar-refractivity contribution in [2.75, 3.05) is 0 Å². The molecule has 0 fully saturated rings. The van der Waals surface area contributed by atoms with E-state index in [2.05, 4.69) is 84.8 Å². The van der Waals surface area contributed by atoms with Gasteiger partial charge >= 0.3 is 0 Å². The Balaban J connectivity index is 2.59. The molecule has 2 aromatic rings. The second-order valence-electron chi connectivity index (χ2n) is 8.25. The van der Waals surface area contributed by atoms with Crippen LogP contribution in [0.3, 0.4) is 0 Å². The van der Waals surface area contributed by atoms with Crippen molar-refractivity contribution < 1.29 is 0 Å². The van der Waals surface area contributed by atoms with Gasteiger partial charge in [0.15, 0.2) is 0 Å². The molecular weight excluding hydrogens is 292 g/mol. The van der Waals surface area contributed by atoms with Crippen LogP contribution in [0.4, 0.5) is 0 Å². The van der Waals surface area contributed by atoms with Gasteiger partial charge in [-0.2, -0.15) is 10.2 Å². The van der Waals surface area contributed by atoms with E-state index in [1.54, 1.807) is 0 Å². The van der Waals surface area contributed by atoms with Gasteiger partial charge in [0.05, 0.1) is 0 Å². The minimum absolute atomic E-state index is 0.280. The highest BCUT2D eigenvalue weighted by Crippen LogP contribution is 2.18. The predicted molar refractivity (Wildman–Crippen MR) is 95.1 cm³/mol. The van der Waals surface area contributed by atoms with Crippen LogP contribution >= 0.6 is 0 Å². The lowest BCUT2D eigenvalue weighted by Gasteiger charge is -2.34. The minimum atomic E-state index is -1.44. The summed E-state index contributed by atoms with van der Waals surface area (Å²) in [6.07, 6.45) is 3.85. The summed E-state index contributed by atoms with van der Waals surface area (Å²) in [6.45, 7) is 18.6. The third-order valence-electron chi connectivity index (χ3n) is 3.86. The average Bonchev–Trinajstić information content (AvgIpc) is 2.97. The molecule has 0 N–H and O–H groups in total. The summed E-state index contributed by atoms with van der Waals surface area (Å²) in [4.78, 5) is 0. The van der Waals surface area contributed by atoms with E-state index >= 15 is 0 Å². The Labute approximate surface area is 130 Å². The van der Waals surface area contributed by atoms with E-state index in [1.165, 1.54) is 10.6 Å². The quantitative estimate of drug-likeness (QED) is 0.811. The highest BCUT2D eigenvalue weighted by molar-refractivity contribution is 6.88. The number of nitrogens with zero attached hydrogens (tertiary/aromatic N) is 4. The lowest BCUT2D eigenvalue weighted by atomic mass is 10.2. The molecular formula is C15H28N4Si2. The predicted octanol–water partition coefficient (Wildman–Crippen LogP) is 2.41. The zero-order valence-electron chi connectivity index (χ0n) is 14.6. The first-order valence-corrected chi connectivity index (χ1v) is 14.6. The third-order valence-corrected chi connectivity index (χ3v) is 7.69. The van der Waals surface area contributed by atoms with Crippen LogP contribution in [0, 0.1) is 0 Å². The summed E-state index contributed by atoms with van der Waals surface area (Å²) >= 11 is 0. The first-order valence-electron chi connectivity index (χ1n) is 7.55. The number of hydrogen-bond acceptors (Lipinski definition) is 2. The molecule has 2 heterocycles. The number of hydrogen-bond donors (Lipinski definition) is 0. The van der Waals surface area contributed by atoms with Gasteiger partial charge in [-0.15, -0.1) is 0 Å². The van der Waals surface area contributed by atoms with Crippen molar-refractivity contribution in [3.63, 3.8) is 0 Å². The highest BCUT2D eigenvalue weighted by Gasteiger charge is 2.34. The van der Waals surface area contributed by atoms with Crippen LogP contribution in [0.5, 0.6) is 0 Å². The lowest BCUT2D eigenvalue weighted by Crippen LogP contribution is -2.56. The summed E-state index contributed by atoms with van der Waals surface area (Å²) in [6, 6.07) is 4.34. The second-order valence-corrected chi connectivity index (χ2v) is 18.3. The van der Waals surface area contributed by atoms with Crippen LogP contribution in [-0.2, 0) is 5.66 Å². The van der Waals surface area contributed by atoms with Crippen molar-refractivity contribution in [1.82, 2.24) is 19.6 Å². The smallest absolute Gasteiger partial charge is 0.147 e. The van der Waals surface area contributed by atoms with E-state index in [1.807, 2.05) is 12.4 Å². The minimum Gasteiger partial charge on any atom is -0.247 e. The molecule has 0 aliphatic rings. The van der Waals surface area contributed by atoms with E-state index in [0.29, 0.717) is 0 Å². The van der Waals surface area contributed by atoms with Crippen molar-refractivity contribution in [1.29, 1.82) is 0 Å². The average molecular weight is 321 g/mol. The zero-order valence-corrected chi connectivity index (χ0v) is 16.6. The van der Waals surface area contributed by atoms with Crippen molar-refractivity contribution in [3.05, 3.63) is 24.5 Å². The van der Waals surface area contributed by atoms with Gasteiger partial charge in [0.2, 0.25) is 0 Å². The van der Waals surface area contributed by atoms with E-state index < -0.39 is 16.1 Å². The van der Waals surface area contributed by atoms with E-state index in [0.717, 1.165) is 0 Å². The monoisotopic (exact) mass is 320 g/mol. The molecule has 0 saturated carbocycles. The summed E-state index contributed by atoms with van der Waals surface area (Å²) < 4.78 is 4.35. The maximum Gasteiger partial charge on any atom is 0.147 e. The van der Waals surface area contributed by atoms with E-state index in [-0.39, 0.29) is 5.66 Å². The van der Waals surface area contributed by atoms with Crippen molar-refractivity contribution >= 4 is 26.8 Å². The maximum atomic E-state index is 4.64. The van der Waals surface area contributed by atoms with Gasteiger partial charge in [0, 0.05) is 23.0 Å². The SMILES string of the molecule is CC(C)(n1nccc1[Si](C)(C)C)n1nccc1[Si](C)(C)C. The Morgan fingerprint density at radius 3 is 1.38 bits per heavy atom. The van der Waals surface area contributed by atoms with Gasteiger partial charge in [-0.05, 0) is 26.0 Å². The molecule has 0 radical (unpaired) electrons. The van der Waals surface area contributed by atoms with Crippen LogP contribution in [0.15, 0.2) is 24.5 Å². The van der Waals surface area contributed by atoms with Crippen LogP contribution in [0.25, 0.3) is 0 Å². The van der Waals surface area contributed by atoms with Crippen LogP contribution in [-0.4, -0.2) is 35.7 Å². The summed E-state index contributed by atoms with van der Waals surface area (Å²) in [5.41, 5.74) is -0.280. The summed E-state index contributed by atoms with van der Waals surface area (Å²) in [5, 5.41) is 12.0. The van der Waals surface area contributed by atoms with Gasteiger partial charge in [-0.25, -0.2) is 9.36 Å². The molecule has 2 aromatic heterocycles. The molecule has 21 heavy (non-hydrogen) atoms. The summed E-state index contributed by atoms with van der Waals surface area (Å²) in [5.74, 6) is 0. The van der Waals surface area contributed by atoms with Gasteiger partial charge in [-0.3, -0.25) is 0 Å². The molecule has 0 amide bonds. The lowest BCUT2D eigenvalue weighted by molar-refractivity contribution is 0.247. The molecule has 0 bridgehead atoms. The molecule has 0 aliphatic carbocycles. The standard InChI is InChI=1S/C15H28N4Si2/c1-15(2,18-13(9-11-16-18)20(3,4)5)19-14(10-12-17-19)21(6,7)8/h9-12H,1-8H3. The first-order chi connectivity index (χ1) is 9.45. The van der Waals surface area contributed by atoms with Gasteiger partial charge in [0.1, 0.15) is 21.8 Å². The maximum absolute atomic E-state index is 4.64. The van der Waals surface area contributed by atoms with Crippen molar-refractivity contribution in [2.45, 2.75) is 58.8 Å².